The Morgan fingerprint density at radius 3 is 2.89 bits per heavy atom. The van der Waals surface area contributed by atoms with Crippen molar-refractivity contribution in [2.45, 2.75) is 0 Å². The number of nitrogens with one attached hydrogen (secondary N) is 2. The minimum absolute atomic E-state index is 0.0969. The summed E-state index contributed by atoms with van der Waals surface area (Å²) in [5, 5.41) is 13.7. The number of amides is 1. The van der Waals surface area contributed by atoms with E-state index in [4.69, 9.17) is 17.4 Å². The number of nitrogen functional groups attached to an aromatic ring is 1. The molecule has 2 aromatic heterocycles. The Hall–Kier alpha value is -2.26. The predicted octanol–water partition coefficient (Wildman–Crippen LogP) is -0.204. The molecule has 0 unspecified atom stereocenters. The second-order valence-electron chi connectivity index (χ2n) is 3.26. The van der Waals surface area contributed by atoms with Crippen molar-refractivity contribution in [3.63, 3.8) is 0 Å². The van der Waals surface area contributed by atoms with Crippen molar-refractivity contribution in [2.24, 2.45) is 12.9 Å². The Bertz CT molecular complexity index is 582. The molecule has 18 heavy (non-hydrogen) atoms. The van der Waals surface area contributed by atoms with Crippen LogP contribution in [0.3, 0.4) is 0 Å². The summed E-state index contributed by atoms with van der Waals surface area (Å²) in [5.41, 5.74) is 2.56. The van der Waals surface area contributed by atoms with Crippen LogP contribution in [0.1, 0.15) is 10.4 Å². The number of carbonyl (C=O) groups excluding carboxylic acids is 1. The molecule has 0 aliphatic rings. The van der Waals surface area contributed by atoms with Crippen LogP contribution in [0.5, 0.6) is 0 Å². The molecule has 0 atom stereocenters. The highest BCUT2D eigenvalue weighted by Crippen LogP contribution is 2.19. The van der Waals surface area contributed by atoms with E-state index in [9.17, 15) is 4.79 Å². The lowest BCUT2D eigenvalue weighted by Gasteiger charge is -2.04. The van der Waals surface area contributed by atoms with Gasteiger partial charge in [-0.2, -0.15) is 4.80 Å². The molecule has 4 N–H and O–H groups in total. The normalized spacial score (nSPS) is 10.2. The Kier molecular flexibility index (Phi) is 3.35. The largest absolute Gasteiger partial charge is 0.307 e. The standard InChI is InChI=1S/C8H9ClN8O/c1-17-15-8(14-16-17)12-7(18)4-2-5(9)6(13-10)11-3-4/h2-3H,10H2,1H3,(H,11,13)(H,12,15,18). The van der Waals surface area contributed by atoms with Crippen LogP contribution >= 0.6 is 11.6 Å². The van der Waals surface area contributed by atoms with E-state index in [0.29, 0.717) is 0 Å². The van der Waals surface area contributed by atoms with Crippen molar-refractivity contribution in [3.8, 4) is 0 Å². The summed E-state index contributed by atoms with van der Waals surface area (Å²) in [4.78, 5) is 16.9. The van der Waals surface area contributed by atoms with Gasteiger partial charge in [0.1, 0.15) is 0 Å². The summed E-state index contributed by atoms with van der Waals surface area (Å²) in [6.07, 6.45) is 1.33. The Morgan fingerprint density at radius 2 is 2.33 bits per heavy atom. The number of aryl methyl sites for hydroxylation is 1. The minimum atomic E-state index is -0.444. The van der Waals surface area contributed by atoms with Crippen LogP contribution in [-0.4, -0.2) is 31.1 Å². The molecule has 0 fully saturated rings. The maximum atomic E-state index is 11.8. The molecule has 0 radical (unpaired) electrons. The topological polar surface area (TPSA) is 124 Å². The predicted molar refractivity (Wildman–Crippen MR) is 63.8 cm³/mol. The molecule has 10 heteroatoms. The average Bonchev–Trinajstić information content (AvgIpc) is 2.74. The van der Waals surface area contributed by atoms with Crippen LogP contribution in [0.25, 0.3) is 0 Å². The molecule has 1 amide bonds. The first-order valence-corrected chi connectivity index (χ1v) is 5.15. The fourth-order valence-corrected chi connectivity index (χ4v) is 1.40. The summed E-state index contributed by atoms with van der Waals surface area (Å²) in [5.74, 6) is 5.11. The first kappa shape index (κ1) is 12.2. The Balaban J connectivity index is 2.16. The van der Waals surface area contributed by atoms with Crippen molar-refractivity contribution in [2.75, 3.05) is 10.7 Å². The fourth-order valence-electron chi connectivity index (χ4n) is 1.18. The van der Waals surface area contributed by atoms with Gasteiger partial charge in [0, 0.05) is 6.20 Å². The smallest absolute Gasteiger partial charge is 0.270 e. The first-order valence-electron chi connectivity index (χ1n) is 4.77. The van der Waals surface area contributed by atoms with Crippen LogP contribution in [0, 0.1) is 0 Å². The number of halogens is 1. The van der Waals surface area contributed by atoms with Gasteiger partial charge in [-0.15, -0.1) is 5.10 Å². The summed E-state index contributed by atoms with van der Waals surface area (Å²) >= 11 is 5.85. The molecule has 0 aliphatic carbocycles. The highest BCUT2D eigenvalue weighted by Gasteiger charge is 2.12. The summed E-state index contributed by atoms with van der Waals surface area (Å²) in [6.45, 7) is 0. The number of pyridine rings is 1. The van der Waals surface area contributed by atoms with Crippen molar-refractivity contribution in [3.05, 3.63) is 22.8 Å². The van der Waals surface area contributed by atoms with E-state index in [1.807, 2.05) is 0 Å². The van der Waals surface area contributed by atoms with E-state index >= 15 is 0 Å². The molecular weight excluding hydrogens is 260 g/mol. The molecule has 2 heterocycles. The zero-order chi connectivity index (χ0) is 13.1. The number of nitrogens with two attached hydrogens (primary N) is 1. The summed E-state index contributed by atoms with van der Waals surface area (Å²) in [7, 11) is 1.59. The number of rotatable bonds is 3. The van der Waals surface area contributed by atoms with Gasteiger partial charge in [-0.05, 0) is 11.3 Å². The molecular formula is C8H9ClN8O. The fraction of sp³-hybridized carbons (Fsp3) is 0.125. The number of anilines is 2. The second kappa shape index (κ2) is 4.94. The van der Waals surface area contributed by atoms with Crippen molar-refractivity contribution >= 4 is 29.3 Å². The SMILES string of the molecule is Cn1nnc(NC(=O)c2cnc(NN)c(Cl)c2)n1. The zero-order valence-electron chi connectivity index (χ0n) is 9.25. The third kappa shape index (κ3) is 2.52. The van der Waals surface area contributed by atoms with Crippen LogP contribution in [0.2, 0.25) is 5.02 Å². The van der Waals surface area contributed by atoms with Crippen LogP contribution < -0.4 is 16.6 Å². The zero-order valence-corrected chi connectivity index (χ0v) is 10.0. The molecule has 2 rings (SSSR count). The van der Waals surface area contributed by atoms with Gasteiger partial charge in [0.15, 0.2) is 5.82 Å². The highest BCUT2D eigenvalue weighted by molar-refractivity contribution is 6.33. The van der Waals surface area contributed by atoms with E-state index in [2.05, 4.69) is 31.1 Å². The number of nitrogens with zero attached hydrogens (tertiary/aromatic N) is 5. The number of aromatic nitrogens is 5. The average molecular weight is 269 g/mol. The monoisotopic (exact) mass is 268 g/mol. The molecule has 0 aliphatic heterocycles. The maximum absolute atomic E-state index is 11.8. The molecule has 0 saturated heterocycles. The molecule has 2 aromatic rings. The van der Waals surface area contributed by atoms with Gasteiger partial charge in [-0.25, -0.2) is 10.8 Å². The third-order valence-electron chi connectivity index (χ3n) is 1.97. The summed E-state index contributed by atoms with van der Waals surface area (Å²) < 4.78 is 0. The van der Waals surface area contributed by atoms with Gasteiger partial charge < -0.3 is 5.43 Å². The molecule has 0 saturated carbocycles. The molecule has 9 nitrogen and oxygen atoms in total. The quantitative estimate of drug-likeness (QED) is 0.520. The second-order valence-corrected chi connectivity index (χ2v) is 3.66. The Morgan fingerprint density at radius 1 is 1.56 bits per heavy atom. The number of hydrogen-bond acceptors (Lipinski definition) is 7. The summed E-state index contributed by atoms with van der Waals surface area (Å²) in [6, 6.07) is 1.43. The van der Waals surface area contributed by atoms with Crippen molar-refractivity contribution in [1.29, 1.82) is 0 Å². The highest BCUT2D eigenvalue weighted by atomic mass is 35.5. The van der Waals surface area contributed by atoms with Crippen LogP contribution in [0.4, 0.5) is 11.8 Å². The molecule has 0 bridgehead atoms. The Labute approximate surface area is 106 Å². The lowest BCUT2D eigenvalue weighted by molar-refractivity contribution is 0.102. The number of hydrazine groups is 1. The van der Waals surface area contributed by atoms with Crippen LogP contribution in [0.15, 0.2) is 12.3 Å². The van der Waals surface area contributed by atoms with Gasteiger partial charge in [0.25, 0.3) is 11.9 Å². The van der Waals surface area contributed by atoms with Gasteiger partial charge >= 0.3 is 0 Å². The first-order chi connectivity index (χ1) is 8.60. The van der Waals surface area contributed by atoms with Gasteiger partial charge in [0.2, 0.25) is 0 Å². The van der Waals surface area contributed by atoms with Gasteiger partial charge in [0.05, 0.1) is 17.6 Å². The lowest BCUT2D eigenvalue weighted by Crippen LogP contribution is -2.15. The third-order valence-corrected chi connectivity index (χ3v) is 2.26. The van der Waals surface area contributed by atoms with Crippen molar-refractivity contribution < 1.29 is 4.79 Å². The molecule has 0 aromatic carbocycles. The van der Waals surface area contributed by atoms with E-state index in [1.54, 1.807) is 7.05 Å². The van der Waals surface area contributed by atoms with E-state index in [-0.39, 0.29) is 22.4 Å². The van der Waals surface area contributed by atoms with Gasteiger partial charge in [-0.1, -0.05) is 16.7 Å². The van der Waals surface area contributed by atoms with Crippen LogP contribution in [-0.2, 0) is 7.05 Å². The van der Waals surface area contributed by atoms with E-state index in [1.165, 1.54) is 17.1 Å². The lowest BCUT2D eigenvalue weighted by atomic mass is 10.2. The number of tetrazole rings is 1. The van der Waals surface area contributed by atoms with Crippen molar-refractivity contribution in [1.82, 2.24) is 25.2 Å². The molecule has 0 spiro atoms. The minimum Gasteiger partial charge on any atom is -0.307 e. The molecule has 94 valence electrons. The number of hydrogen-bond donors (Lipinski definition) is 3. The van der Waals surface area contributed by atoms with E-state index < -0.39 is 5.91 Å². The number of carbonyl (C=O) groups is 1. The maximum Gasteiger partial charge on any atom is 0.270 e. The van der Waals surface area contributed by atoms with Gasteiger partial charge in [-0.3, -0.25) is 10.1 Å². The van der Waals surface area contributed by atoms with E-state index in [0.717, 1.165) is 0 Å².